The van der Waals surface area contributed by atoms with Gasteiger partial charge >= 0.3 is 0 Å². The van der Waals surface area contributed by atoms with Crippen LogP contribution < -0.4 is 20.1 Å². The summed E-state index contributed by atoms with van der Waals surface area (Å²) in [5.41, 5.74) is 0. The molecule has 0 spiro atoms. The van der Waals surface area contributed by atoms with Crippen molar-refractivity contribution in [3.05, 3.63) is 24.3 Å². The molecule has 1 aliphatic heterocycles. The van der Waals surface area contributed by atoms with Crippen LogP contribution in [0.1, 0.15) is 0 Å². The molecule has 0 unspecified atom stereocenters. The first kappa shape index (κ1) is 16.1. The molecule has 2 N–H and O–H groups in total. The Hall–Kier alpha value is -2.28. The van der Waals surface area contributed by atoms with Crippen molar-refractivity contribution in [2.75, 3.05) is 46.4 Å². The number of benzene rings is 1. The third-order valence-electron chi connectivity index (χ3n) is 3.34. The Morgan fingerprint density at radius 1 is 1.18 bits per heavy atom. The number of ether oxygens (including phenoxy) is 2. The Kier molecular flexibility index (Phi) is 6.02. The summed E-state index contributed by atoms with van der Waals surface area (Å²) in [7, 11) is 1.58. The van der Waals surface area contributed by atoms with Gasteiger partial charge in [-0.25, -0.2) is 0 Å². The van der Waals surface area contributed by atoms with E-state index in [0.29, 0.717) is 18.8 Å². The van der Waals surface area contributed by atoms with E-state index in [4.69, 9.17) is 9.47 Å². The average Bonchev–Trinajstić information content (AvgIpc) is 2.59. The highest BCUT2D eigenvalue weighted by molar-refractivity contribution is 5.85. The lowest BCUT2D eigenvalue weighted by Gasteiger charge is -2.27. The Morgan fingerprint density at radius 2 is 1.82 bits per heavy atom. The predicted octanol–water partition coefficient (Wildman–Crippen LogP) is -0.378. The third kappa shape index (κ3) is 4.92. The van der Waals surface area contributed by atoms with E-state index < -0.39 is 0 Å². The lowest BCUT2D eigenvalue weighted by molar-refractivity contribution is -0.133. The van der Waals surface area contributed by atoms with Gasteiger partial charge in [-0.3, -0.25) is 9.59 Å². The SMILES string of the molecule is COc1ccc(OCC(=O)NCC(=O)N2CCNCC2)cc1. The number of carbonyl (C=O) groups excluding carboxylic acids is 2. The van der Waals surface area contributed by atoms with E-state index in [1.165, 1.54) is 0 Å². The minimum Gasteiger partial charge on any atom is -0.497 e. The standard InChI is InChI=1S/C15H21N3O4/c1-21-12-2-4-13(5-3-12)22-11-14(19)17-10-15(20)18-8-6-16-7-9-18/h2-5,16H,6-11H2,1H3,(H,17,19). The van der Waals surface area contributed by atoms with Crippen LogP contribution in [0.5, 0.6) is 11.5 Å². The van der Waals surface area contributed by atoms with E-state index in [-0.39, 0.29) is 25.0 Å². The van der Waals surface area contributed by atoms with Gasteiger partial charge in [0.2, 0.25) is 5.91 Å². The smallest absolute Gasteiger partial charge is 0.258 e. The zero-order valence-electron chi connectivity index (χ0n) is 12.6. The van der Waals surface area contributed by atoms with Crippen LogP contribution in [-0.2, 0) is 9.59 Å². The van der Waals surface area contributed by atoms with Crippen molar-refractivity contribution in [1.29, 1.82) is 0 Å². The van der Waals surface area contributed by atoms with E-state index in [1.54, 1.807) is 36.3 Å². The maximum Gasteiger partial charge on any atom is 0.258 e. The zero-order valence-corrected chi connectivity index (χ0v) is 12.6. The Balaban J connectivity index is 1.67. The number of hydrogen-bond acceptors (Lipinski definition) is 5. The van der Waals surface area contributed by atoms with E-state index >= 15 is 0 Å². The molecule has 1 aromatic carbocycles. The van der Waals surface area contributed by atoms with Crippen LogP contribution >= 0.6 is 0 Å². The molecular formula is C15H21N3O4. The number of methoxy groups -OCH3 is 1. The normalized spacial score (nSPS) is 14.3. The number of piperazine rings is 1. The summed E-state index contributed by atoms with van der Waals surface area (Å²) in [6.07, 6.45) is 0. The highest BCUT2D eigenvalue weighted by Crippen LogP contribution is 2.16. The van der Waals surface area contributed by atoms with E-state index in [1.807, 2.05) is 0 Å². The van der Waals surface area contributed by atoms with Crippen LogP contribution in [0, 0.1) is 0 Å². The molecule has 7 nitrogen and oxygen atoms in total. The van der Waals surface area contributed by atoms with Crippen LogP contribution in [0.25, 0.3) is 0 Å². The summed E-state index contributed by atoms with van der Waals surface area (Å²) in [6, 6.07) is 6.94. The van der Waals surface area contributed by atoms with Crippen LogP contribution in [0.3, 0.4) is 0 Å². The highest BCUT2D eigenvalue weighted by atomic mass is 16.5. The van der Waals surface area contributed by atoms with E-state index in [2.05, 4.69) is 10.6 Å². The van der Waals surface area contributed by atoms with Crippen molar-refractivity contribution in [2.24, 2.45) is 0 Å². The Labute approximate surface area is 129 Å². The second-order valence-electron chi connectivity index (χ2n) is 4.87. The van der Waals surface area contributed by atoms with Crippen molar-refractivity contribution in [2.45, 2.75) is 0 Å². The molecule has 0 radical (unpaired) electrons. The molecule has 7 heteroatoms. The molecular weight excluding hydrogens is 286 g/mol. The summed E-state index contributed by atoms with van der Waals surface area (Å²) >= 11 is 0. The van der Waals surface area contributed by atoms with Crippen LogP contribution in [0.2, 0.25) is 0 Å². The minimum atomic E-state index is -0.320. The van der Waals surface area contributed by atoms with Crippen LogP contribution in [-0.4, -0.2) is 63.2 Å². The topological polar surface area (TPSA) is 79.9 Å². The van der Waals surface area contributed by atoms with Crippen molar-refractivity contribution in [3.8, 4) is 11.5 Å². The second-order valence-corrected chi connectivity index (χ2v) is 4.87. The Morgan fingerprint density at radius 3 is 2.45 bits per heavy atom. The zero-order chi connectivity index (χ0) is 15.8. The van der Waals surface area contributed by atoms with E-state index in [9.17, 15) is 9.59 Å². The van der Waals surface area contributed by atoms with Gasteiger partial charge in [-0.15, -0.1) is 0 Å². The van der Waals surface area contributed by atoms with Gasteiger partial charge in [0.1, 0.15) is 11.5 Å². The summed E-state index contributed by atoms with van der Waals surface area (Å²) in [6.45, 7) is 2.82. The lowest BCUT2D eigenvalue weighted by Crippen LogP contribution is -2.49. The molecule has 0 saturated carbocycles. The first-order valence-corrected chi connectivity index (χ1v) is 7.21. The Bertz CT molecular complexity index is 498. The number of amides is 2. The number of nitrogens with one attached hydrogen (secondary N) is 2. The molecule has 1 aromatic rings. The van der Waals surface area contributed by atoms with Crippen LogP contribution in [0.15, 0.2) is 24.3 Å². The maximum atomic E-state index is 11.9. The molecule has 0 aliphatic carbocycles. The molecule has 0 bridgehead atoms. The largest absolute Gasteiger partial charge is 0.497 e. The first-order chi connectivity index (χ1) is 10.7. The fourth-order valence-electron chi connectivity index (χ4n) is 2.07. The van der Waals surface area contributed by atoms with Gasteiger partial charge in [0.25, 0.3) is 5.91 Å². The van der Waals surface area contributed by atoms with Gasteiger partial charge in [-0.1, -0.05) is 0 Å². The molecule has 0 aromatic heterocycles. The fourth-order valence-corrected chi connectivity index (χ4v) is 2.07. The summed E-state index contributed by atoms with van der Waals surface area (Å²) in [5, 5.41) is 5.74. The molecule has 2 rings (SSSR count). The number of nitrogens with zero attached hydrogens (tertiary/aromatic N) is 1. The summed E-state index contributed by atoms with van der Waals surface area (Å²) in [5.74, 6) is 0.904. The maximum absolute atomic E-state index is 11.9. The number of carbonyl (C=O) groups is 2. The van der Waals surface area contributed by atoms with Gasteiger partial charge in [0.15, 0.2) is 6.61 Å². The van der Waals surface area contributed by atoms with Gasteiger partial charge in [0, 0.05) is 26.2 Å². The minimum absolute atomic E-state index is 0.00477. The van der Waals surface area contributed by atoms with Gasteiger partial charge < -0.3 is 25.0 Å². The number of hydrogen-bond donors (Lipinski definition) is 2. The van der Waals surface area contributed by atoms with Crippen molar-refractivity contribution in [1.82, 2.24) is 15.5 Å². The predicted molar refractivity (Wildman–Crippen MR) is 80.9 cm³/mol. The molecule has 0 atom stereocenters. The highest BCUT2D eigenvalue weighted by Gasteiger charge is 2.16. The molecule has 2 amide bonds. The fraction of sp³-hybridized carbons (Fsp3) is 0.467. The van der Waals surface area contributed by atoms with Crippen molar-refractivity contribution < 1.29 is 19.1 Å². The molecule has 1 aliphatic rings. The average molecular weight is 307 g/mol. The van der Waals surface area contributed by atoms with Crippen molar-refractivity contribution in [3.63, 3.8) is 0 Å². The number of rotatable bonds is 6. The van der Waals surface area contributed by atoms with E-state index in [0.717, 1.165) is 18.8 Å². The molecule has 22 heavy (non-hydrogen) atoms. The lowest BCUT2D eigenvalue weighted by atomic mass is 10.3. The first-order valence-electron chi connectivity index (χ1n) is 7.21. The summed E-state index contributed by atoms with van der Waals surface area (Å²) in [4.78, 5) is 25.3. The quantitative estimate of drug-likeness (QED) is 0.749. The van der Waals surface area contributed by atoms with Crippen molar-refractivity contribution >= 4 is 11.8 Å². The van der Waals surface area contributed by atoms with Gasteiger partial charge in [-0.05, 0) is 24.3 Å². The molecule has 1 saturated heterocycles. The molecule has 1 heterocycles. The molecule has 120 valence electrons. The van der Waals surface area contributed by atoms with Crippen LogP contribution in [0.4, 0.5) is 0 Å². The third-order valence-corrected chi connectivity index (χ3v) is 3.34. The van der Waals surface area contributed by atoms with Gasteiger partial charge in [0.05, 0.1) is 13.7 Å². The molecule has 1 fully saturated rings. The summed E-state index contributed by atoms with van der Waals surface area (Å²) < 4.78 is 10.4. The monoisotopic (exact) mass is 307 g/mol. The van der Waals surface area contributed by atoms with Gasteiger partial charge in [-0.2, -0.15) is 0 Å². The second kappa shape index (κ2) is 8.23.